The van der Waals surface area contributed by atoms with Gasteiger partial charge < -0.3 is 15.5 Å². The summed E-state index contributed by atoms with van der Waals surface area (Å²) in [7, 11) is 0. The van der Waals surface area contributed by atoms with Crippen molar-refractivity contribution >= 4 is 0 Å². The molecule has 3 heteroatoms. The van der Waals surface area contributed by atoms with Crippen molar-refractivity contribution in [2.24, 2.45) is 0 Å². The van der Waals surface area contributed by atoms with E-state index in [-0.39, 0.29) is 19.3 Å². The predicted molar refractivity (Wildman–Crippen MR) is 70.0 cm³/mol. The highest BCUT2D eigenvalue weighted by molar-refractivity contribution is 5.15. The van der Waals surface area contributed by atoms with Crippen molar-refractivity contribution in [1.82, 2.24) is 5.32 Å². The molecule has 0 saturated heterocycles. The van der Waals surface area contributed by atoms with Crippen LogP contribution in [0.2, 0.25) is 0 Å². The molecule has 0 spiro atoms. The summed E-state index contributed by atoms with van der Waals surface area (Å²) in [5.74, 6) is 0. The van der Waals surface area contributed by atoms with E-state index in [2.05, 4.69) is 17.4 Å². The molecule has 0 aromatic heterocycles. The summed E-state index contributed by atoms with van der Waals surface area (Å²) in [6.07, 6.45) is 3.81. The van der Waals surface area contributed by atoms with Crippen LogP contribution in [0.15, 0.2) is 30.3 Å². The molecule has 0 aliphatic carbocycles. The molecule has 96 valence electrons. The second-order valence-corrected chi connectivity index (χ2v) is 4.31. The third-order valence-electron chi connectivity index (χ3n) is 2.81. The molecule has 3 N–H and O–H groups in total. The maximum Gasteiger partial charge on any atom is 0.0587 e. The quantitative estimate of drug-likeness (QED) is 0.568. The van der Waals surface area contributed by atoms with Gasteiger partial charge in [0.15, 0.2) is 0 Å². The third kappa shape index (κ3) is 6.41. The highest BCUT2D eigenvalue weighted by Gasteiger charge is 2.06. The Morgan fingerprint density at radius 3 is 2.41 bits per heavy atom. The van der Waals surface area contributed by atoms with Crippen LogP contribution in [0, 0.1) is 0 Å². The second kappa shape index (κ2) is 9.16. The van der Waals surface area contributed by atoms with Crippen molar-refractivity contribution < 1.29 is 10.2 Å². The minimum atomic E-state index is 0.131. The Kier molecular flexibility index (Phi) is 7.63. The van der Waals surface area contributed by atoms with Crippen LogP contribution in [0.1, 0.15) is 24.8 Å². The van der Waals surface area contributed by atoms with E-state index in [1.54, 1.807) is 0 Å². The fourth-order valence-corrected chi connectivity index (χ4v) is 1.82. The Bertz CT molecular complexity index is 277. The number of rotatable bonds is 9. The summed E-state index contributed by atoms with van der Waals surface area (Å²) < 4.78 is 0. The first-order valence-electron chi connectivity index (χ1n) is 6.36. The van der Waals surface area contributed by atoms with Gasteiger partial charge in [-0.3, -0.25) is 0 Å². The van der Waals surface area contributed by atoms with Gasteiger partial charge in [0.2, 0.25) is 0 Å². The zero-order chi connectivity index (χ0) is 12.3. The Hall–Kier alpha value is -0.900. The molecular weight excluding hydrogens is 214 g/mol. The number of hydrogen-bond donors (Lipinski definition) is 3. The van der Waals surface area contributed by atoms with Crippen LogP contribution in [0.4, 0.5) is 0 Å². The molecule has 1 atom stereocenters. The SMILES string of the molecule is OCCCCCNC(CO)Cc1ccccc1. The lowest BCUT2D eigenvalue weighted by Gasteiger charge is -2.16. The lowest BCUT2D eigenvalue weighted by atomic mass is 10.1. The van der Waals surface area contributed by atoms with Crippen molar-refractivity contribution in [3.8, 4) is 0 Å². The highest BCUT2D eigenvalue weighted by atomic mass is 16.3. The van der Waals surface area contributed by atoms with Crippen molar-refractivity contribution in [2.75, 3.05) is 19.8 Å². The first-order valence-corrected chi connectivity index (χ1v) is 6.36. The molecule has 1 rings (SSSR count). The largest absolute Gasteiger partial charge is 0.396 e. The average Bonchev–Trinajstić information content (AvgIpc) is 2.38. The Morgan fingerprint density at radius 1 is 1.00 bits per heavy atom. The molecule has 0 aliphatic heterocycles. The molecule has 1 aromatic rings. The van der Waals surface area contributed by atoms with Crippen molar-refractivity contribution in [2.45, 2.75) is 31.7 Å². The van der Waals surface area contributed by atoms with E-state index in [4.69, 9.17) is 5.11 Å². The molecule has 1 aromatic carbocycles. The molecule has 0 fully saturated rings. The van der Waals surface area contributed by atoms with Crippen LogP contribution < -0.4 is 5.32 Å². The van der Waals surface area contributed by atoms with E-state index >= 15 is 0 Å². The maximum absolute atomic E-state index is 9.29. The summed E-state index contributed by atoms with van der Waals surface area (Å²) in [6, 6.07) is 10.3. The molecular formula is C14H23NO2. The van der Waals surface area contributed by atoms with Crippen molar-refractivity contribution in [3.05, 3.63) is 35.9 Å². The van der Waals surface area contributed by atoms with E-state index in [0.29, 0.717) is 0 Å². The Balaban J connectivity index is 2.20. The smallest absolute Gasteiger partial charge is 0.0587 e. The number of hydrogen-bond acceptors (Lipinski definition) is 3. The molecule has 0 amide bonds. The summed E-state index contributed by atoms with van der Waals surface area (Å²) >= 11 is 0. The summed E-state index contributed by atoms with van der Waals surface area (Å²) in [5.41, 5.74) is 1.24. The van der Waals surface area contributed by atoms with Crippen LogP contribution in [0.25, 0.3) is 0 Å². The Labute approximate surface area is 103 Å². The molecule has 0 radical (unpaired) electrons. The minimum Gasteiger partial charge on any atom is -0.396 e. The molecule has 1 unspecified atom stereocenters. The summed E-state index contributed by atoms with van der Waals surface area (Å²) in [5, 5.41) is 21.3. The zero-order valence-electron chi connectivity index (χ0n) is 10.3. The fraction of sp³-hybridized carbons (Fsp3) is 0.571. The standard InChI is InChI=1S/C14H23NO2/c16-10-6-2-5-9-15-14(12-17)11-13-7-3-1-4-8-13/h1,3-4,7-8,14-17H,2,5-6,9-12H2. The van der Waals surface area contributed by atoms with Gasteiger partial charge in [-0.2, -0.15) is 0 Å². The van der Waals surface area contributed by atoms with Gasteiger partial charge in [-0.05, 0) is 37.8 Å². The lowest BCUT2D eigenvalue weighted by Crippen LogP contribution is -2.35. The van der Waals surface area contributed by atoms with Crippen molar-refractivity contribution in [1.29, 1.82) is 0 Å². The first-order chi connectivity index (χ1) is 8.36. The lowest BCUT2D eigenvalue weighted by molar-refractivity contribution is 0.240. The summed E-state index contributed by atoms with van der Waals surface area (Å²) in [4.78, 5) is 0. The highest BCUT2D eigenvalue weighted by Crippen LogP contribution is 2.03. The molecule has 0 aliphatic rings. The molecule has 0 heterocycles. The van der Waals surface area contributed by atoms with Gasteiger partial charge in [0.1, 0.15) is 0 Å². The summed E-state index contributed by atoms with van der Waals surface area (Å²) in [6.45, 7) is 1.33. The predicted octanol–water partition coefficient (Wildman–Crippen LogP) is 1.34. The zero-order valence-corrected chi connectivity index (χ0v) is 10.3. The number of aliphatic hydroxyl groups excluding tert-OH is 2. The molecule has 3 nitrogen and oxygen atoms in total. The second-order valence-electron chi connectivity index (χ2n) is 4.31. The molecule has 0 bridgehead atoms. The monoisotopic (exact) mass is 237 g/mol. The van der Waals surface area contributed by atoms with Gasteiger partial charge in [-0.15, -0.1) is 0 Å². The van der Waals surface area contributed by atoms with E-state index in [9.17, 15) is 5.11 Å². The van der Waals surface area contributed by atoms with Gasteiger partial charge in [0.05, 0.1) is 6.61 Å². The first kappa shape index (κ1) is 14.2. The maximum atomic E-state index is 9.29. The third-order valence-corrected chi connectivity index (χ3v) is 2.81. The van der Waals surface area contributed by atoms with Gasteiger partial charge >= 0.3 is 0 Å². The molecule has 17 heavy (non-hydrogen) atoms. The van der Waals surface area contributed by atoms with Crippen LogP contribution in [0.3, 0.4) is 0 Å². The van der Waals surface area contributed by atoms with Crippen LogP contribution in [-0.2, 0) is 6.42 Å². The van der Waals surface area contributed by atoms with E-state index < -0.39 is 0 Å². The Morgan fingerprint density at radius 2 is 1.76 bits per heavy atom. The normalized spacial score (nSPS) is 12.6. The number of unbranched alkanes of at least 4 members (excludes halogenated alkanes) is 2. The van der Waals surface area contributed by atoms with Gasteiger partial charge in [0, 0.05) is 12.6 Å². The van der Waals surface area contributed by atoms with E-state index in [0.717, 1.165) is 32.2 Å². The van der Waals surface area contributed by atoms with Crippen LogP contribution >= 0.6 is 0 Å². The minimum absolute atomic E-state index is 0.131. The number of nitrogens with one attached hydrogen (secondary N) is 1. The van der Waals surface area contributed by atoms with Gasteiger partial charge in [-0.25, -0.2) is 0 Å². The molecule has 0 saturated carbocycles. The number of aliphatic hydroxyl groups is 2. The topological polar surface area (TPSA) is 52.5 Å². The fourth-order valence-electron chi connectivity index (χ4n) is 1.82. The van der Waals surface area contributed by atoms with Crippen LogP contribution in [0.5, 0.6) is 0 Å². The average molecular weight is 237 g/mol. The van der Waals surface area contributed by atoms with Gasteiger partial charge in [0.25, 0.3) is 0 Å². The van der Waals surface area contributed by atoms with E-state index in [1.165, 1.54) is 5.56 Å². The number of benzene rings is 1. The van der Waals surface area contributed by atoms with Gasteiger partial charge in [-0.1, -0.05) is 30.3 Å². The van der Waals surface area contributed by atoms with Crippen molar-refractivity contribution in [3.63, 3.8) is 0 Å². The van der Waals surface area contributed by atoms with Crippen LogP contribution in [-0.4, -0.2) is 36.0 Å². The van der Waals surface area contributed by atoms with E-state index in [1.807, 2.05) is 18.2 Å².